The summed E-state index contributed by atoms with van der Waals surface area (Å²) in [6.45, 7) is 2.15. The van der Waals surface area contributed by atoms with Crippen LogP contribution in [0.5, 0.6) is 5.75 Å². The van der Waals surface area contributed by atoms with Crippen LogP contribution < -0.4 is 14.8 Å². The number of nitrogens with one attached hydrogen (secondary N) is 2. The molecule has 1 aliphatic heterocycles. The zero-order valence-electron chi connectivity index (χ0n) is 21.9. The Labute approximate surface area is 244 Å². The first-order valence-electron chi connectivity index (χ1n) is 12.4. The second kappa shape index (κ2) is 12.4. The first-order chi connectivity index (χ1) is 18.9. The summed E-state index contributed by atoms with van der Waals surface area (Å²) in [6.07, 6.45) is 1.03. The van der Waals surface area contributed by atoms with E-state index in [0.29, 0.717) is 42.1 Å². The highest BCUT2D eigenvalue weighted by atomic mass is 35.5. The zero-order chi connectivity index (χ0) is 29.1. The highest BCUT2D eigenvalue weighted by Crippen LogP contribution is 2.30. The van der Waals surface area contributed by atoms with Gasteiger partial charge in [-0.05, 0) is 73.9 Å². The van der Waals surface area contributed by atoms with Crippen molar-refractivity contribution in [3.8, 4) is 5.75 Å². The van der Waals surface area contributed by atoms with Gasteiger partial charge in [0, 0.05) is 34.4 Å². The van der Waals surface area contributed by atoms with Gasteiger partial charge in [-0.15, -0.1) is 0 Å². The SMILES string of the molecule is COc1ccc(C)cc1NS(=O)(=O)c1ccc(NC(=O)[C@H]2CCCN(S(=O)(=O)Cc3c(Cl)cccc3Cl)C2)cc1. The fraction of sp³-hybridized carbons (Fsp3) is 0.296. The maximum Gasteiger partial charge on any atom is 0.262 e. The molecular weight excluding hydrogens is 597 g/mol. The number of hydrogen-bond donors (Lipinski definition) is 2. The summed E-state index contributed by atoms with van der Waals surface area (Å²) in [7, 11) is -6.24. The van der Waals surface area contributed by atoms with Crippen LogP contribution in [0.15, 0.2) is 65.6 Å². The number of ether oxygens (including phenoxy) is 1. The standard InChI is InChI=1S/C27H29Cl2N3O6S2/c1-18-8-13-26(38-2)25(15-18)31-40(36,37)21-11-9-20(10-12-21)30-27(33)19-5-4-14-32(16-19)39(34,35)17-22-23(28)6-3-7-24(22)29/h3,6-13,15,19,31H,4-5,14,16-17H2,1-2H3,(H,30,33)/t19-/m0/s1. The Hall–Kier alpha value is -2.83. The third-order valence-electron chi connectivity index (χ3n) is 6.57. The largest absolute Gasteiger partial charge is 0.495 e. The van der Waals surface area contributed by atoms with Crippen LogP contribution in [0.25, 0.3) is 0 Å². The van der Waals surface area contributed by atoms with Gasteiger partial charge < -0.3 is 10.1 Å². The third kappa shape index (κ3) is 7.08. The molecule has 1 saturated heterocycles. The highest BCUT2D eigenvalue weighted by molar-refractivity contribution is 7.92. The maximum atomic E-state index is 13.1. The van der Waals surface area contributed by atoms with Gasteiger partial charge in [0.1, 0.15) is 5.75 Å². The van der Waals surface area contributed by atoms with Crippen LogP contribution in [0.2, 0.25) is 10.0 Å². The molecular formula is C27H29Cl2N3O6S2. The molecule has 0 spiro atoms. The molecule has 4 rings (SSSR count). The number of aryl methyl sites for hydroxylation is 1. The van der Waals surface area contributed by atoms with Crippen LogP contribution in [0.4, 0.5) is 11.4 Å². The van der Waals surface area contributed by atoms with E-state index in [0.717, 1.165) is 5.56 Å². The predicted octanol–water partition coefficient (Wildman–Crippen LogP) is 5.29. The summed E-state index contributed by atoms with van der Waals surface area (Å²) < 4.78 is 61.2. The highest BCUT2D eigenvalue weighted by Gasteiger charge is 2.33. The summed E-state index contributed by atoms with van der Waals surface area (Å²) in [5.74, 6) is -0.910. The summed E-state index contributed by atoms with van der Waals surface area (Å²) in [5, 5.41) is 3.30. The van der Waals surface area contributed by atoms with Gasteiger partial charge in [-0.1, -0.05) is 35.3 Å². The molecule has 1 fully saturated rings. The molecule has 9 nitrogen and oxygen atoms in total. The van der Waals surface area contributed by atoms with E-state index in [-0.39, 0.29) is 33.1 Å². The molecule has 1 heterocycles. The third-order valence-corrected chi connectivity index (χ3v) is 10.4. The summed E-state index contributed by atoms with van der Waals surface area (Å²) >= 11 is 12.3. The smallest absolute Gasteiger partial charge is 0.262 e. The number of anilines is 2. The number of sulfonamides is 2. The van der Waals surface area contributed by atoms with Crippen LogP contribution in [0.3, 0.4) is 0 Å². The number of piperidine rings is 1. The average molecular weight is 627 g/mol. The number of benzene rings is 3. The number of amides is 1. The summed E-state index contributed by atoms with van der Waals surface area (Å²) in [4.78, 5) is 13.0. The fourth-order valence-corrected chi connectivity index (χ4v) is 7.84. The minimum Gasteiger partial charge on any atom is -0.495 e. The Kier molecular flexibility index (Phi) is 9.31. The summed E-state index contributed by atoms with van der Waals surface area (Å²) in [6, 6.07) is 15.7. The fourth-order valence-electron chi connectivity index (χ4n) is 4.42. The molecule has 1 aliphatic rings. The molecule has 0 aromatic heterocycles. The van der Waals surface area contributed by atoms with Gasteiger partial charge in [0.15, 0.2) is 0 Å². The first kappa shape index (κ1) is 30.1. The lowest BCUT2D eigenvalue weighted by atomic mass is 9.99. The van der Waals surface area contributed by atoms with E-state index in [1.54, 1.807) is 30.3 Å². The number of nitrogens with zero attached hydrogens (tertiary/aromatic N) is 1. The van der Waals surface area contributed by atoms with Gasteiger partial charge in [0.2, 0.25) is 15.9 Å². The normalized spacial score (nSPS) is 16.4. The van der Waals surface area contributed by atoms with E-state index in [9.17, 15) is 21.6 Å². The summed E-state index contributed by atoms with van der Waals surface area (Å²) in [5.41, 5.74) is 1.88. The number of carbonyl (C=O) groups excluding carboxylic acids is 1. The van der Waals surface area contributed by atoms with Crippen molar-refractivity contribution < 1.29 is 26.4 Å². The molecule has 0 radical (unpaired) electrons. The van der Waals surface area contributed by atoms with Crippen molar-refractivity contribution in [3.63, 3.8) is 0 Å². The van der Waals surface area contributed by atoms with Crippen molar-refractivity contribution in [2.45, 2.75) is 30.4 Å². The first-order valence-corrected chi connectivity index (χ1v) is 16.2. The second-order valence-corrected chi connectivity index (χ2v) is 13.9. The molecule has 2 N–H and O–H groups in total. The molecule has 0 aliphatic carbocycles. The quantitative estimate of drug-likeness (QED) is 0.333. The van der Waals surface area contributed by atoms with Crippen molar-refractivity contribution in [1.29, 1.82) is 0 Å². The molecule has 0 saturated carbocycles. The van der Waals surface area contributed by atoms with Crippen LogP contribution in [-0.4, -0.2) is 47.2 Å². The number of methoxy groups -OCH3 is 1. The Morgan fingerprint density at radius 1 is 1.02 bits per heavy atom. The van der Waals surface area contributed by atoms with Gasteiger partial charge in [0.25, 0.3) is 10.0 Å². The van der Waals surface area contributed by atoms with Gasteiger partial charge >= 0.3 is 0 Å². The molecule has 214 valence electrons. The minimum atomic E-state index is -3.92. The van der Waals surface area contributed by atoms with Crippen molar-refractivity contribution >= 4 is 60.5 Å². The predicted molar refractivity (Wildman–Crippen MR) is 157 cm³/mol. The van der Waals surface area contributed by atoms with Gasteiger partial charge in [-0.3, -0.25) is 9.52 Å². The molecule has 0 bridgehead atoms. The number of hydrogen-bond acceptors (Lipinski definition) is 6. The van der Waals surface area contributed by atoms with Crippen molar-refractivity contribution in [3.05, 3.63) is 81.8 Å². The van der Waals surface area contributed by atoms with Crippen molar-refractivity contribution in [2.75, 3.05) is 30.2 Å². The maximum absolute atomic E-state index is 13.1. The van der Waals surface area contributed by atoms with Crippen molar-refractivity contribution in [2.24, 2.45) is 5.92 Å². The number of halogens is 2. The minimum absolute atomic E-state index is 0.00206. The van der Waals surface area contributed by atoms with E-state index < -0.39 is 26.0 Å². The molecule has 3 aromatic carbocycles. The van der Waals surface area contributed by atoms with Crippen molar-refractivity contribution in [1.82, 2.24) is 4.31 Å². The Morgan fingerprint density at radius 2 is 1.70 bits per heavy atom. The van der Waals surface area contributed by atoms with E-state index in [1.807, 2.05) is 13.0 Å². The van der Waals surface area contributed by atoms with Gasteiger partial charge in [-0.2, -0.15) is 0 Å². The topological polar surface area (TPSA) is 122 Å². The lowest BCUT2D eigenvalue weighted by Gasteiger charge is -2.31. The molecule has 13 heteroatoms. The van der Waals surface area contributed by atoms with E-state index in [2.05, 4.69) is 10.0 Å². The van der Waals surface area contributed by atoms with Crippen LogP contribution in [0.1, 0.15) is 24.0 Å². The zero-order valence-corrected chi connectivity index (χ0v) is 25.0. The van der Waals surface area contributed by atoms with Crippen LogP contribution >= 0.6 is 23.2 Å². The van der Waals surface area contributed by atoms with Gasteiger partial charge in [0.05, 0.1) is 29.4 Å². The molecule has 3 aromatic rings. The van der Waals surface area contributed by atoms with E-state index in [4.69, 9.17) is 27.9 Å². The van der Waals surface area contributed by atoms with Gasteiger partial charge in [-0.25, -0.2) is 21.1 Å². The van der Waals surface area contributed by atoms with Crippen LogP contribution in [0, 0.1) is 12.8 Å². The number of carbonyl (C=O) groups is 1. The Balaban J connectivity index is 1.41. The lowest BCUT2D eigenvalue weighted by Crippen LogP contribution is -2.44. The molecule has 0 unspecified atom stereocenters. The average Bonchev–Trinajstić information content (AvgIpc) is 2.91. The monoisotopic (exact) mass is 625 g/mol. The lowest BCUT2D eigenvalue weighted by molar-refractivity contribution is -0.120. The van der Waals surface area contributed by atoms with E-state index in [1.165, 1.54) is 35.7 Å². The Morgan fingerprint density at radius 3 is 2.35 bits per heavy atom. The second-order valence-electron chi connectivity index (χ2n) is 9.48. The number of rotatable bonds is 9. The molecule has 40 heavy (non-hydrogen) atoms. The van der Waals surface area contributed by atoms with Crippen LogP contribution in [-0.2, 0) is 30.6 Å². The Bertz CT molecular complexity index is 1590. The molecule has 1 atom stereocenters. The van der Waals surface area contributed by atoms with E-state index >= 15 is 0 Å². The molecule has 1 amide bonds.